The summed E-state index contributed by atoms with van der Waals surface area (Å²) in [6.45, 7) is 9.13. The lowest BCUT2D eigenvalue weighted by Crippen LogP contribution is -2.45. The SMILES string of the molecule is CCC(C)n1ccc(CC(NN)C2CCCC2(C)C)n1. The molecule has 0 saturated heterocycles. The fourth-order valence-corrected chi connectivity index (χ4v) is 3.56. The summed E-state index contributed by atoms with van der Waals surface area (Å²) in [5.41, 5.74) is 4.59. The van der Waals surface area contributed by atoms with Crippen LogP contribution in [0.25, 0.3) is 0 Å². The maximum Gasteiger partial charge on any atom is 0.0640 e. The molecule has 4 nitrogen and oxygen atoms in total. The Kier molecular flexibility index (Phi) is 4.86. The molecule has 3 atom stereocenters. The molecular weight excluding hydrogens is 248 g/mol. The summed E-state index contributed by atoms with van der Waals surface area (Å²) in [5, 5.41) is 4.71. The van der Waals surface area contributed by atoms with Gasteiger partial charge in [0.15, 0.2) is 0 Å². The maximum absolute atomic E-state index is 5.83. The third-order valence-electron chi connectivity index (χ3n) is 5.17. The number of aromatic nitrogens is 2. The molecule has 0 spiro atoms. The van der Waals surface area contributed by atoms with Crippen molar-refractivity contribution >= 4 is 0 Å². The number of nitrogens with one attached hydrogen (secondary N) is 1. The van der Waals surface area contributed by atoms with Crippen molar-refractivity contribution in [3.63, 3.8) is 0 Å². The topological polar surface area (TPSA) is 55.9 Å². The fourth-order valence-electron chi connectivity index (χ4n) is 3.56. The minimum absolute atomic E-state index is 0.327. The van der Waals surface area contributed by atoms with Crippen molar-refractivity contribution in [1.29, 1.82) is 0 Å². The zero-order chi connectivity index (χ0) is 14.8. The van der Waals surface area contributed by atoms with Gasteiger partial charge in [0, 0.05) is 24.7 Å². The first-order chi connectivity index (χ1) is 9.47. The lowest BCUT2D eigenvalue weighted by molar-refractivity contribution is 0.195. The summed E-state index contributed by atoms with van der Waals surface area (Å²) < 4.78 is 2.07. The van der Waals surface area contributed by atoms with E-state index in [0.717, 1.165) is 18.5 Å². The van der Waals surface area contributed by atoms with Crippen LogP contribution in [0.1, 0.15) is 65.1 Å². The molecule has 4 heteroatoms. The van der Waals surface area contributed by atoms with E-state index in [1.165, 1.54) is 19.3 Å². The summed E-state index contributed by atoms with van der Waals surface area (Å²) in [6, 6.07) is 2.93. The summed E-state index contributed by atoms with van der Waals surface area (Å²) in [6.07, 6.45) is 8.02. The Labute approximate surface area is 123 Å². The minimum atomic E-state index is 0.327. The van der Waals surface area contributed by atoms with Crippen molar-refractivity contribution in [3.05, 3.63) is 18.0 Å². The summed E-state index contributed by atoms with van der Waals surface area (Å²) in [5.74, 6) is 6.47. The molecule has 114 valence electrons. The van der Waals surface area contributed by atoms with E-state index in [2.05, 4.69) is 50.1 Å². The Morgan fingerprint density at radius 3 is 2.85 bits per heavy atom. The largest absolute Gasteiger partial charge is 0.271 e. The number of hydrogen-bond acceptors (Lipinski definition) is 3. The number of hydrogen-bond donors (Lipinski definition) is 2. The lowest BCUT2D eigenvalue weighted by atomic mass is 9.76. The highest BCUT2D eigenvalue weighted by Crippen LogP contribution is 2.44. The van der Waals surface area contributed by atoms with Gasteiger partial charge in [-0.05, 0) is 43.6 Å². The molecule has 1 aliphatic carbocycles. The Balaban J connectivity index is 2.05. The second-order valence-electron chi connectivity index (χ2n) is 7.01. The summed E-state index contributed by atoms with van der Waals surface area (Å²) in [7, 11) is 0. The summed E-state index contributed by atoms with van der Waals surface area (Å²) >= 11 is 0. The van der Waals surface area contributed by atoms with Gasteiger partial charge >= 0.3 is 0 Å². The van der Waals surface area contributed by atoms with Gasteiger partial charge in [-0.1, -0.05) is 27.2 Å². The van der Waals surface area contributed by atoms with Gasteiger partial charge < -0.3 is 0 Å². The third-order valence-corrected chi connectivity index (χ3v) is 5.17. The molecule has 1 heterocycles. The Bertz CT molecular complexity index is 424. The van der Waals surface area contributed by atoms with Crippen LogP contribution >= 0.6 is 0 Å². The van der Waals surface area contributed by atoms with Crippen LogP contribution in [0.2, 0.25) is 0 Å². The smallest absolute Gasteiger partial charge is 0.0640 e. The average Bonchev–Trinajstić information content (AvgIpc) is 3.01. The zero-order valence-electron chi connectivity index (χ0n) is 13.4. The van der Waals surface area contributed by atoms with E-state index in [9.17, 15) is 0 Å². The van der Waals surface area contributed by atoms with Crippen LogP contribution in [0.5, 0.6) is 0 Å². The van der Waals surface area contributed by atoms with Gasteiger partial charge in [0.25, 0.3) is 0 Å². The highest BCUT2D eigenvalue weighted by molar-refractivity contribution is 5.05. The quantitative estimate of drug-likeness (QED) is 0.621. The van der Waals surface area contributed by atoms with Crippen LogP contribution in [0.3, 0.4) is 0 Å². The number of nitrogens with two attached hydrogens (primary N) is 1. The van der Waals surface area contributed by atoms with E-state index in [0.29, 0.717) is 23.4 Å². The van der Waals surface area contributed by atoms with Crippen LogP contribution < -0.4 is 11.3 Å². The van der Waals surface area contributed by atoms with E-state index < -0.39 is 0 Å². The molecule has 1 fully saturated rings. The summed E-state index contributed by atoms with van der Waals surface area (Å²) in [4.78, 5) is 0. The molecule has 1 aliphatic rings. The van der Waals surface area contributed by atoms with Gasteiger partial charge in [0.05, 0.1) is 5.69 Å². The van der Waals surface area contributed by atoms with Crippen LogP contribution in [0.4, 0.5) is 0 Å². The minimum Gasteiger partial charge on any atom is -0.271 e. The molecule has 1 aromatic heterocycles. The molecule has 1 saturated carbocycles. The molecule has 3 N–H and O–H groups in total. The van der Waals surface area contributed by atoms with Gasteiger partial charge in [-0.15, -0.1) is 0 Å². The Hall–Kier alpha value is -0.870. The molecule has 20 heavy (non-hydrogen) atoms. The molecular formula is C16H30N4. The number of hydrazine groups is 1. The van der Waals surface area contributed by atoms with Crippen LogP contribution in [0.15, 0.2) is 12.3 Å². The van der Waals surface area contributed by atoms with E-state index in [1.807, 2.05) is 0 Å². The lowest BCUT2D eigenvalue weighted by Gasteiger charge is -2.33. The normalized spacial score (nSPS) is 24.8. The standard InChI is InChI=1S/C16H30N4/c1-5-12(2)20-10-8-13(19-20)11-15(18-17)14-7-6-9-16(14,3)4/h8,10,12,14-15,18H,5-7,9,11,17H2,1-4H3. The second-order valence-corrected chi connectivity index (χ2v) is 7.01. The predicted octanol–water partition coefficient (Wildman–Crippen LogP) is 3.05. The molecule has 0 aliphatic heterocycles. The first-order valence-electron chi connectivity index (χ1n) is 7.98. The van der Waals surface area contributed by atoms with E-state index in [4.69, 9.17) is 10.9 Å². The van der Waals surface area contributed by atoms with E-state index in [1.54, 1.807) is 0 Å². The van der Waals surface area contributed by atoms with E-state index >= 15 is 0 Å². The van der Waals surface area contributed by atoms with Gasteiger partial charge in [0.1, 0.15) is 0 Å². The van der Waals surface area contributed by atoms with Crippen LogP contribution in [-0.4, -0.2) is 15.8 Å². The van der Waals surface area contributed by atoms with Crippen molar-refractivity contribution in [2.45, 2.75) is 71.9 Å². The monoisotopic (exact) mass is 278 g/mol. The first-order valence-corrected chi connectivity index (χ1v) is 7.98. The van der Waals surface area contributed by atoms with Crippen molar-refractivity contribution < 1.29 is 0 Å². The van der Waals surface area contributed by atoms with Gasteiger partial charge in [-0.2, -0.15) is 5.10 Å². The molecule has 0 bridgehead atoms. The fraction of sp³-hybridized carbons (Fsp3) is 0.812. The predicted molar refractivity (Wildman–Crippen MR) is 83.2 cm³/mol. The number of rotatable bonds is 6. The highest BCUT2D eigenvalue weighted by atomic mass is 15.3. The number of nitrogens with zero attached hydrogens (tertiary/aromatic N) is 2. The highest BCUT2D eigenvalue weighted by Gasteiger charge is 2.39. The van der Waals surface area contributed by atoms with Crippen LogP contribution in [0, 0.1) is 11.3 Å². The van der Waals surface area contributed by atoms with Gasteiger partial charge in [-0.3, -0.25) is 16.0 Å². The third kappa shape index (κ3) is 3.23. The molecule has 0 amide bonds. The second kappa shape index (κ2) is 6.27. The average molecular weight is 278 g/mol. The molecule has 0 aromatic carbocycles. The van der Waals surface area contributed by atoms with Crippen molar-refractivity contribution in [2.24, 2.45) is 17.2 Å². The Morgan fingerprint density at radius 1 is 1.55 bits per heavy atom. The maximum atomic E-state index is 5.83. The zero-order valence-corrected chi connectivity index (χ0v) is 13.4. The van der Waals surface area contributed by atoms with Crippen molar-refractivity contribution in [3.8, 4) is 0 Å². The van der Waals surface area contributed by atoms with Gasteiger partial charge in [0.2, 0.25) is 0 Å². The van der Waals surface area contributed by atoms with Crippen molar-refractivity contribution in [1.82, 2.24) is 15.2 Å². The molecule has 3 unspecified atom stereocenters. The first kappa shape index (κ1) is 15.5. The van der Waals surface area contributed by atoms with Crippen LogP contribution in [-0.2, 0) is 6.42 Å². The van der Waals surface area contributed by atoms with Gasteiger partial charge in [-0.25, -0.2) is 0 Å². The molecule has 1 aromatic rings. The molecule has 0 radical (unpaired) electrons. The molecule has 2 rings (SSSR count). The van der Waals surface area contributed by atoms with E-state index in [-0.39, 0.29) is 0 Å². The Morgan fingerprint density at radius 2 is 2.30 bits per heavy atom. The van der Waals surface area contributed by atoms with Crippen molar-refractivity contribution in [2.75, 3.05) is 0 Å².